The fourth-order valence-electron chi connectivity index (χ4n) is 4.02. The second kappa shape index (κ2) is 11.4. The van der Waals surface area contributed by atoms with Gasteiger partial charge in [-0.25, -0.2) is 0 Å². The zero-order chi connectivity index (χ0) is 26.4. The van der Waals surface area contributed by atoms with E-state index in [0.717, 1.165) is 12.8 Å². The van der Waals surface area contributed by atoms with Crippen molar-refractivity contribution in [2.75, 3.05) is 14.2 Å². The monoisotopic (exact) mass is 504 g/mol. The minimum atomic E-state index is -0.579. The standard InChI is InChI=1S/C27H28N4O6/c1-4-5-12-17-21(22-18(35-2)13-9-14-19(22)36-3)24(32)23(26(34)29-17)27-31-30-20(37-27)15-28-25(33)16-10-7-6-8-11-16/h6-11,13-14H,4-5,12,15H2,1-3H3,(H,28,33)(H2,29,32,34). The van der Waals surface area contributed by atoms with Gasteiger partial charge in [-0.15, -0.1) is 10.2 Å². The van der Waals surface area contributed by atoms with Crippen LogP contribution < -0.4 is 20.3 Å². The third-order valence-corrected chi connectivity index (χ3v) is 5.84. The molecule has 2 aromatic heterocycles. The summed E-state index contributed by atoms with van der Waals surface area (Å²) in [6.07, 6.45) is 2.18. The van der Waals surface area contributed by atoms with Crippen LogP contribution in [-0.2, 0) is 13.0 Å². The summed E-state index contributed by atoms with van der Waals surface area (Å²) in [5.41, 5.74) is 1.10. The van der Waals surface area contributed by atoms with Crippen molar-refractivity contribution in [2.45, 2.75) is 32.7 Å². The van der Waals surface area contributed by atoms with E-state index in [0.29, 0.717) is 40.3 Å². The van der Waals surface area contributed by atoms with Gasteiger partial charge in [-0.05, 0) is 37.1 Å². The molecule has 0 aliphatic rings. The quantitative estimate of drug-likeness (QED) is 0.293. The van der Waals surface area contributed by atoms with Gasteiger partial charge >= 0.3 is 0 Å². The molecule has 4 rings (SSSR count). The van der Waals surface area contributed by atoms with Crippen molar-refractivity contribution in [3.05, 3.63) is 76.0 Å². The van der Waals surface area contributed by atoms with Crippen LogP contribution in [0.5, 0.6) is 17.2 Å². The lowest BCUT2D eigenvalue weighted by atomic mass is 9.96. The first-order valence-electron chi connectivity index (χ1n) is 11.8. The Hall–Kier alpha value is -4.60. The first kappa shape index (κ1) is 25.5. The highest BCUT2D eigenvalue weighted by molar-refractivity contribution is 5.94. The Morgan fingerprint density at radius 3 is 2.35 bits per heavy atom. The number of amides is 1. The van der Waals surface area contributed by atoms with Crippen LogP contribution in [0.3, 0.4) is 0 Å². The Bertz CT molecular complexity index is 1420. The number of unbranched alkanes of at least 4 members (excludes halogenated alkanes) is 1. The molecule has 0 aliphatic heterocycles. The Balaban J connectivity index is 1.75. The Labute approximate surface area is 213 Å². The van der Waals surface area contributed by atoms with E-state index >= 15 is 0 Å². The molecule has 0 unspecified atom stereocenters. The maximum absolute atomic E-state index is 13.1. The van der Waals surface area contributed by atoms with Crippen molar-refractivity contribution in [1.82, 2.24) is 20.5 Å². The molecule has 3 N–H and O–H groups in total. The average Bonchev–Trinajstić information content (AvgIpc) is 3.39. The zero-order valence-corrected chi connectivity index (χ0v) is 20.8. The van der Waals surface area contributed by atoms with Crippen molar-refractivity contribution < 1.29 is 23.8 Å². The van der Waals surface area contributed by atoms with Crippen LogP contribution in [0.25, 0.3) is 22.6 Å². The summed E-state index contributed by atoms with van der Waals surface area (Å²) >= 11 is 0. The number of carbonyl (C=O) groups is 1. The van der Waals surface area contributed by atoms with Gasteiger partial charge in [0.25, 0.3) is 17.4 Å². The number of aromatic amines is 1. The molecule has 0 aliphatic carbocycles. The summed E-state index contributed by atoms with van der Waals surface area (Å²) in [5.74, 6) is 0.165. The Morgan fingerprint density at radius 2 is 1.70 bits per heavy atom. The molecule has 0 spiro atoms. The third-order valence-electron chi connectivity index (χ3n) is 5.84. The number of pyridine rings is 1. The predicted molar refractivity (Wildman–Crippen MR) is 137 cm³/mol. The van der Waals surface area contributed by atoms with Gasteiger partial charge < -0.3 is 29.3 Å². The van der Waals surface area contributed by atoms with Gasteiger partial charge in [0, 0.05) is 11.3 Å². The second-order valence-corrected chi connectivity index (χ2v) is 8.22. The van der Waals surface area contributed by atoms with Gasteiger partial charge in [-0.1, -0.05) is 37.6 Å². The number of aromatic nitrogens is 3. The van der Waals surface area contributed by atoms with Crippen molar-refractivity contribution in [1.29, 1.82) is 0 Å². The number of H-pyrrole nitrogens is 1. The number of benzene rings is 2. The minimum absolute atomic E-state index is 0.0544. The van der Waals surface area contributed by atoms with Crippen LogP contribution in [0.2, 0.25) is 0 Å². The lowest BCUT2D eigenvalue weighted by Crippen LogP contribution is -2.22. The number of nitrogens with one attached hydrogen (secondary N) is 2. The number of aromatic hydroxyl groups is 1. The molecule has 192 valence electrons. The summed E-state index contributed by atoms with van der Waals surface area (Å²) in [6.45, 7) is 1.98. The highest BCUT2D eigenvalue weighted by atomic mass is 16.5. The number of aryl methyl sites for hydroxylation is 1. The SMILES string of the molecule is CCCCc1[nH]c(=O)c(-c2nnc(CNC(=O)c3ccccc3)o2)c(O)c1-c1c(OC)cccc1OC. The summed E-state index contributed by atoms with van der Waals surface area (Å²) in [5, 5.41) is 22.0. The molecule has 2 heterocycles. The van der Waals surface area contributed by atoms with E-state index in [4.69, 9.17) is 13.9 Å². The van der Waals surface area contributed by atoms with E-state index in [2.05, 4.69) is 20.5 Å². The van der Waals surface area contributed by atoms with Crippen LogP contribution in [0.1, 0.15) is 41.7 Å². The molecule has 0 saturated carbocycles. The molecule has 2 aromatic carbocycles. The molecule has 37 heavy (non-hydrogen) atoms. The first-order valence-corrected chi connectivity index (χ1v) is 11.8. The van der Waals surface area contributed by atoms with Gasteiger partial charge in [-0.2, -0.15) is 0 Å². The number of nitrogens with zero attached hydrogens (tertiary/aromatic N) is 2. The van der Waals surface area contributed by atoms with Crippen molar-refractivity contribution >= 4 is 5.91 Å². The summed E-state index contributed by atoms with van der Waals surface area (Å²) in [6, 6.07) is 13.9. The smallest absolute Gasteiger partial charge is 0.264 e. The molecule has 0 radical (unpaired) electrons. The van der Waals surface area contributed by atoms with Crippen LogP contribution in [-0.4, -0.2) is 40.4 Å². The molecule has 4 aromatic rings. The minimum Gasteiger partial charge on any atom is -0.506 e. The van der Waals surface area contributed by atoms with Crippen LogP contribution >= 0.6 is 0 Å². The van der Waals surface area contributed by atoms with Crippen molar-refractivity contribution in [3.63, 3.8) is 0 Å². The lowest BCUT2D eigenvalue weighted by molar-refractivity contribution is 0.0947. The fourth-order valence-corrected chi connectivity index (χ4v) is 4.02. The maximum Gasteiger partial charge on any atom is 0.264 e. The molecule has 0 saturated heterocycles. The van der Waals surface area contributed by atoms with Crippen molar-refractivity contribution in [2.24, 2.45) is 0 Å². The number of hydrogen-bond acceptors (Lipinski definition) is 8. The topological polar surface area (TPSA) is 140 Å². The number of methoxy groups -OCH3 is 2. The van der Waals surface area contributed by atoms with E-state index in [1.807, 2.05) is 13.0 Å². The van der Waals surface area contributed by atoms with Gasteiger partial charge in [-0.3, -0.25) is 9.59 Å². The van der Waals surface area contributed by atoms with Crippen LogP contribution in [0, 0.1) is 0 Å². The molecular weight excluding hydrogens is 476 g/mol. The number of hydrogen-bond donors (Lipinski definition) is 3. The highest BCUT2D eigenvalue weighted by Gasteiger charge is 2.27. The van der Waals surface area contributed by atoms with E-state index < -0.39 is 5.56 Å². The second-order valence-electron chi connectivity index (χ2n) is 8.22. The largest absolute Gasteiger partial charge is 0.506 e. The molecule has 1 amide bonds. The summed E-state index contributed by atoms with van der Waals surface area (Å²) < 4.78 is 16.8. The normalized spacial score (nSPS) is 10.8. The van der Waals surface area contributed by atoms with Gasteiger partial charge in [0.05, 0.1) is 31.9 Å². The van der Waals surface area contributed by atoms with Gasteiger partial charge in [0.1, 0.15) is 22.8 Å². The number of ether oxygens (including phenoxy) is 2. The predicted octanol–water partition coefficient (Wildman–Crippen LogP) is 4.09. The van der Waals surface area contributed by atoms with Gasteiger partial charge in [0.15, 0.2) is 0 Å². The summed E-state index contributed by atoms with van der Waals surface area (Å²) in [7, 11) is 3.03. The average molecular weight is 505 g/mol. The van der Waals surface area contributed by atoms with Crippen molar-refractivity contribution in [3.8, 4) is 39.8 Å². The molecule has 0 fully saturated rings. The molecule has 10 nitrogen and oxygen atoms in total. The van der Waals surface area contributed by atoms with E-state index in [1.54, 1.807) is 42.5 Å². The Morgan fingerprint density at radius 1 is 1.00 bits per heavy atom. The van der Waals surface area contributed by atoms with E-state index in [9.17, 15) is 14.7 Å². The summed E-state index contributed by atoms with van der Waals surface area (Å²) in [4.78, 5) is 28.3. The number of carbonyl (C=O) groups excluding carboxylic acids is 1. The number of rotatable bonds is 10. The molecule has 10 heteroatoms. The Kier molecular flexibility index (Phi) is 7.87. The van der Waals surface area contributed by atoms with Crippen LogP contribution in [0.4, 0.5) is 0 Å². The maximum atomic E-state index is 13.1. The first-order chi connectivity index (χ1) is 18.0. The lowest BCUT2D eigenvalue weighted by Gasteiger charge is -2.18. The van der Waals surface area contributed by atoms with E-state index in [-0.39, 0.29) is 35.5 Å². The molecule has 0 bridgehead atoms. The van der Waals surface area contributed by atoms with Gasteiger partial charge in [0.2, 0.25) is 5.89 Å². The van der Waals surface area contributed by atoms with E-state index in [1.165, 1.54) is 14.2 Å². The third kappa shape index (κ3) is 5.32. The fraction of sp³-hybridized carbons (Fsp3) is 0.259. The molecular formula is C27H28N4O6. The molecule has 0 atom stereocenters. The van der Waals surface area contributed by atoms with Crippen LogP contribution in [0.15, 0.2) is 57.7 Å². The highest BCUT2D eigenvalue weighted by Crippen LogP contribution is 2.46. The zero-order valence-electron chi connectivity index (χ0n) is 20.8.